The Kier molecular flexibility index (Phi) is 5.31. The zero-order chi connectivity index (χ0) is 19.6. The monoisotopic (exact) mass is 378 g/mol. The summed E-state index contributed by atoms with van der Waals surface area (Å²) in [5, 5.41) is 20.3. The van der Waals surface area contributed by atoms with Crippen molar-refractivity contribution >= 4 is 27.4 Å². The number of carbonyl (C=O) groups is 1. The van der Waals surface area contributed by atoms with Crippen molar-refractivity contribution < 1.29 is 23.2 Å². The van der Waals surface area contributed by atoms with Crippen molar-refractivity contribution in [3.05, 3.63) is 63.2 Å². The number of hydrogen-bond donors (Lipinski definition) is 1. The lowest BCUT2D eigenvalue weighted by atomic mass is 10.1. The van der Waals surface area contributed by atoms with E-state index in [2.05, 4.69) is 0 Å². The summed E-state index contributed by atoms with van der Waals surface area (Å²) >= 11 is 0. The highest BCUT2D eigenvalue weighted by Gasteiger charge is 2.30. The number of nitro benzene ring substituents is 1. The first-order valence-corrected chi connectivity index (χ1v) is 9.05. The molecule has 0 heterocycles. The molecule has 0 saturated carbocycles. The number of nitrogens with zero attached hydrogens (tertiary/aromatic N) is 2. The van der Waals surface area contributed by atoms with Crippen LogP contribution in [0.2, 0.25) is 0 Å². The summed E-state index contributed by atoms with van der Waals surface area (Å²) < 4.78 is 26.9. The maximum Gasteiger partial charge on any atom is 0.324 e. The van der Waals surface area contributed by atoms with Gasteiger partial charge in [-0.1, -0.05) is 18.2 Å². The Balaban J connectivity index is 2.68. The van der Waals surface area contributed by atoms with E-state index >= 15 is 0 Å². The highest BCUT2D eigenvalue weighted by atomic mass is 32.2. The van der Waals surface area contributed by atoms with E-state index in [1.807, 2.05) is 0 Å². The van der Waals surface area contributed by atoms with E-state index in [0.717, 1.165) is 15.9 Å². The third-order valence-corrected chi connectivity index (χ3v) is 5.84. The zero-order valence-electron chi connectivity index (χ0n) is 14.5. The van der Waals surface area contributed by atoms with Gasteiger partial charge in [0, 0.05) is 11.6 Å². The van der Waals surface area contributed by atoms with Crippen molar-refractivity contribution in [1.82, 2.24) is 0 Å². The lowest BCUT2D eigenvalue weighted by Gasteiger charge is -2.25. The molecule has 0 fully saturated rings. The van der Waals surface area contributed by atoms with Gasteiger partial charge in [-0.3, -0.25) is 19.2 Å². The molecule has 0 unspecified atom stereocenters. The molecule has 0 amide bonds. The fraction of sp³-hybridized carbons (Fsp3) is 0.235. The molecule has 2 aromatic carbocycles. The van der Waals surface area contributed by atoms with Crippen LogP contribution in [0.25, 0.3) is 0 Å². The van der Waals surface area contributed by atoms with Gasteiger partial charge in [0.25, 0.3) is 15.7 Å². The van der Waals surface area contributed by atoms with E-state index in [1.54, 1.807) is 26.0 Å². The van der Waals surface area contributed by atoms with Gasteiger partial charge in [-0.25, -0.2) is 8.42 Å². The maximum atomic E-state index is 13.1. The Bertz CT molecular complexity index is 985. The van der Waals surface area contributed by atoms with Crippen molar-refractivity contribution in [1.29, 1.82) is 0 Å². The van der Waals surface area contributed by atoms with Gasteiger partial charge in [-0.15, -0.1) is 0 Å². The molecular formula is C17H18N2O6S. The van der Waals surface area contributed by atoms with Crippen LogP contribution in [-0.2, 0) is 14.8 Å². The minimum absolute atomic E-state index is 0.218. The summed E-state index contributed by atoms with van der Waals surface area (Å²) in [6, 6.07) is 8.42. The minimum atomic E-state index is -4.31. The average Bonchev–Trinajstić information content (AvgIpc) is 2.55. The standard InChI is InChI=1S/C17H18N2O6S/c1-11-5-4-6-15(13(11)3)18(10-17(20)21)26(24,25)14-8-7-12(2)16(9-14)19(22)23/h4-9H,10H2,1-3H3,(H,20,21). The smallest absolute Gasteiger partial charge is 0.324 e. The third-order valence-electron chi connectivity index (χ3n) is 4.09. The number of aryl methyl sites for hydroxylation is 2. The van der Waals surface area contributed by atoms with Crippen LogP contribution in [-0.4, -0.2) is 31.0 Å². The molecule has 8 nitrogen and oxygen atoms in total. The molecule has 9 heteroatoms. The van der Waals surface area contributed by atoms with E-state index in [9.17, 15) is 28.4 Å². The van der Waals surface area contributed by atoms with Gasteiger partial charge < -0.3 is 5.11 Å². The molecule has 0 spiro atoms. The second-order valence-electron chi connectivity index (χ2n) is 5.83. The lowest BCUT2D eigenvalue weighted by Crippen LogP contribution is -2.36. The number of hydrogen-bond acceptors (Lipinski definition) is 5. The molecule has 0 atom stereocenters. The first kappa shape index (κ1) is 19.4. The number of aliphatic carboxylic acids is 1. The van der Waals surface area contributed by atoms with E-state index in [1.165, 1.54) is 25.1 Å². The molecule has 0 aliphatic carbocycles. The largest absolute Gasteiger partial charge is 0.480 e. The summed E-state index contributed by atoms with van der Waals surface area (Å²) in [7, 11) is -4.31. The number of carboxylic acids is 1. The second-order valence-corrected chi connectivity index (χ2v) is 7.69. The molecule has 138 valence electrons. The van der Waals surface area contributed by atoms with Crippen molar-refractivity contribution in [3.63, 3.8) is 0 Å². The normalized spacial score (nSPS) is 11.2. The molecule has 2 aromatic rings. The highest BCUT2D eigenvalue weighted by Crippen LogP contribution is 2.30. The number of anilines is 1. The van der Waals surface area contributed by atoms with Gasteiger partial charge in [0.05, 0.1) is 15.5 Å². The van der Waals surface area contributed by atoms with Gasteiger partial charge in [0.1, 0.15) is 6.54 Å². The number of nitro groups is 1. The SMILES string of the molecule is Cc1ccc(S(=O)(=O)N(CC(=O)O)c2cccc(C)c2C)cc1[N+](=O)[O-]. The minimum Gasteiger partial charge on any atom is -0.480 e. The molecule has 0 bridgehead atoms. The molecule has 0 aliphatic heterocycles. The lowest BCUT2D eigenvalue weighted by molar-refractivity contribution is -0.385. The number of carboxylic acid groups (broad SMARTS) is 1. The van der Waals surface area contributed by atoms with Gasteiger partial charge in [-0.05, 0) is 44.0 Å². The predicted molar refractivity (Wildman–Crippen MR) is 95.9 cm³/mol. The van der Waals surface area contributed by atoms with Crippen LogP contribution in [0.4, 0.5) is 11.4 Å². The summed E-state index contributed by atoms with van der Waals surface area (Å²) in [6.07, 6.45) is 0. The maximum absolute atomic E-state index is 13.1. The predicted octanol–water partition coefficient (Wildman–Crippen LogP) is 2.80. The molecular weight excluding hydrogens is 360 g/mol. The Labute approximate surface area is 150 Å². The van der Waals surface area contributed by atoms with Crippen LogP contribution < -0.4 is 4.31 Å². The Morgan fingerprint density at radius 2 is 1.81 bits per heavy atom. The Morgan fingerprint density at radius 3 is 2.38 bits per heavy atom. The van der Waals surface area contributed by atoms with Crippen LogP contribution in [0.5, 0.6) is 0 Å². The number of benzene rings is 2. The first-order valence-electron chi connectivity index (χ1n) is 7.61. The van der Waals surface area contributed by atoms with Crippen molar-refractivity contribution in [2.24, 2.45) is 0 Å². The molecule has 0 radical (unpaired) electrons. The van der Waals surface area contributed by atoms with Crippen LogP contribution >= 0.6 is 0 Å². The third kappa shape index (κ3) is 3.67. The van der Waals surface area contributed by atoms with E-state index < -0.39 is 27.5 Å². The van der Waals surface area contributed by atoms with Crippen LogP contribution in [0, 0.1) is 30.9 Å². The van der Waals surface area contributed by atoms with Gasteiger partial charge in [-0.2, -0.15) is 0 Å². The number of rotatable bonds is 6. The molecule has 0 aliphatic rings. The topological polar surface area (TPSA) is 118 Å². The highest BCUT2D eigenvalue weighted by molar-refractivity contribution is 7.92. The molecule has 0 aromatic heterocycles. The fourth-order valence-corrected chi connectivity index (χ4v) is 3.99. The Hall–Kier alpha value is -2.94. The molecule has 2 rings (SSSR count). The van der Waals surface area contributed by atoms with Gasteiger partial charge in [0.2, 0.25) is 0 Å². The van der Waals surface area contributed by atoms with Crippen molar-refractivity contribution in [2.75, 3.05) is 10.8 Å². The fourth-order valence-electron chi connectivity index (χ4n) is 2.50. The second kappa shape index (κ2) is 7.12. The van der Waals surface area contributed by atoms with Crippen molar-refractivity contribution in [2.45, 2.75) is 25.7 Å². The van der Waals surface area contributed by atoms with Crippen LogP contribution in [0.3, 0.4) is 0 Å². The van der Waals surface area contributed by atoms with Gasteiger partial charge >= 0.3 is 5.97 Å². The van der Waals surface area contributed by atoms with Gasteiger partial charge in [0.15, 0.2) is 0 Å². The average molecular weight is 378 g/mol. The number of sulfonamides is 1. The Morgan fingerprint density at radius 1 is 1.15 bits per heavy atom. The zero-order valence-corrected chi connectivity index (χ0v) is 15.3. The summed E-state index contributed by atoms with van der Waals surface area (Å²) in [5.74, 6) is -1.34. The molecule has 26 heavy (non-hydrogen) atoms. The van der Waals surface area contributed by atoms with E-state index in [4.69, 9.17) is 0 Å². The molecule has 1 N–H and O–H groups in total. The quantitative estimate of drug-likeness (QED) is 0.610. The van der Waals surface area contributed by atoms with E-state index in [-0.39, 0.29) is 16.3 Å². The van der Waals surface area contributed by atoms with Crippen molar-refractivity contribution in [3.8, 4) is 0 Å². The summed E-state index contributed by atoms with van der Waals surface area (Å²) in [4.78, 5) is 21.4. The molecule has 0 saturated heterocycles. The first-order chi connectivity index (χ1) is 12.1. The van der Waals surface area contributed by atoms with Crippen LogP contribution in [0.1, 0.15) is 16.7 Å². The summed E-state index contributed by atoms with van der Waals surface area (Å²) in [6.45, 7) is 4.16. The summed E-state index contributed by atoms with van der Waals surface area (Å²) in [5.41, 5.74) is 1.59. The van der Waals surface area contributed by atoms with E-state index in [0.29, 0.717) is 11.1 Å². The van der Waals surface area contributed by atoms with Crippen LogP contribution in [0.15, 0.2) is 41.3 Å².